The summed E-state index contributed by atoms with van der Waals surface area (Å²) in [5, 5.41) is 8.69. The number of fused-ring (bicyclic) bond motifs is 1. The molecule has 0 spiro atoms. The molecular weight excluding hydrogens is 200 g/mol. The maximum Gasteiger partial charge on any atom is 0.158 e. The Morgan fingerprint density at radius 1 is 1.44 bits per heavy atom. The molecule has 1 aromatic carbocycles. The van der Waals surface area contributed by atoms with Crippen molar-refractivity contribution in [3.05, 3.63) is 24.3 Å². The second-order valence-electron chi connectivity index (χ2n) is 4.43. The summed E-state index contributed by atoms with van der Waals surface area (Å²) in [5.41, 5.74) is 6.81. The van der Waals surface area contributed by atoms with Gasteiger partial charge in [0, 0.05) is 18.5 Å². The fraction of sp³-hybridized carbons (Fsp3) is 0.417. The number of rotatable bonds is 2. The number of aromatic amines is 1. The number of nitrogens with zero attached hydrogens (tertiary/aromatic N) is 2. The third-order valence-corrected chi connectivity index (χ3v) is 3.37. The van der Waals surface area contributed by atoms with E-state index in [1.54, 1.807) is 0 Å². The Balaban J connectivity index is 1.95. The molecule has 0 bridgehead atoms. The van der Waals surface area contributed by atoms with Crippen LogP contribution in [0.2, 0.25) is 0 Å². The zero-order valence-electron chi connectivity index (χ0n) is 9.19. The van der Waals surface area contributed by atoms with Crippen molar-refractivity contribution in [2.75, 3.05) is 24.5 Å². The van der Waals surface area contributed by atoms with Gasteiger partial charge in [0.15, 0.2) is 5.82 Å². The molecule has 1 aliphatic rings. The number of nitrogens with two attached hydrogens (primary N) is 1. The maximum atomic E-state index is 5.71. The average Bonchev–Trinajstić information content (AvgIpc) is 2.94. The van der Waals surface area contributed by atoms with Crippen molar-refractivity contribution in [2.45, 2.75) is 6.42 Å². The van der Waals surface area contributed by atoms with Crippen LogP contribution in [0, 0.1) is 5.92 Å². The zero-order valence-corrected chi connectivity index (χ0v) is 9.19. The molecule has 1 fully saturated rings. The minimum atomic E-state index is 0.621. The van der Waals surface area contributed by atoms with Gasteiger partial charge in [-0.15, -0.1) is 0 Å². The Morgan fingerprint density at radius 2 is 2.31 bits per heavy atom. The molecule has 3 N–H and O–H groups in total. The van der Waals surface area contributed by atoms with Crippen molar-refractivity contribution < 1.29 is 0 Å². The highest BCUT2D eigenvalue weighted by Crippen LogP contribution is 2.28. The SMILES string of the molecule is NCC1CCN(c2n[nH]c3ccccc23)C1. The highest BCUT2D eigenvalue weighted by atomic mass is 15.3. The van der Waals surface area contributed by atoms with Crippen LogP contribution in [-0.2, 0) is 0 Å². The van der Waals surface area contributed by atoms with E-state index in [9.17, 15) is 0 Å². The van der Waals surface area contributed by atoms with Crippen LogP contribution in [-0.4, -0.2) is 29.8 Å². The van der Waals surface area contributed by atoms with Crippen LogP contribution in [0.4, 0.5) is 5.82 Å². The topological polar surface area (TPSA) is 57.9 Å². The van der Waals surface area contributed by atoms with Gasteiger partial charge in [-0.05, 0) is 31.0 Å². The lowest BCUT2D eigenvalue weighted by molar-refractivity contribution is 0.602. The number of H-pyrrole nitrogens is 1. The smallest absolute Gasteiger partial charge is 0.158 e. The van der Waals surface area contributed by atoms with Gasteiger partial charge in [-0.1, -0.05) is 12.1 Å². The minimum absolute atomic E-state index is 0.621. The first-order valence-corrected chi connectivity index (χ1v) is 5.76. The van der Waals surface area contributed by atoms with E-state index in [1.807, 2.05) is 6.07 Å². The molecule has 1 saturated heterocycles. The molecule has 16 heavy (non-hydrogen) atoms. The Labute approximate surface area is 94.4 Å². The Bertz CT molecular complexity index is 490. The van der Waals surface area contributed by atoms with Crippen LogP contribution >= 0.6 is 0 Å². The number of benzene rings is 1. The monoisotopic (exact) mass is 216 g/mol. The van der Waals surface area contributed by atoms with Gasteiger partial charge in [0.25, 0.3) is 0 Å². The standard InChI is InChI=1S/C12H16N4/c13-7-9-5-6-16(8-9)12-10-3-1-2-4-11(10)14-15-12/h1-4,9H,5-8,13H2,(H,14,15). The Kier molecular flexibility index (Phi) is 2.29. The maximum absolute atomic E-state index is 5.71. The molecule has 0 radical (unpaired) electrons. The number of nitrogens with one attached hydrogen (secondary N) is 1. The first kappa shape index (κ1) is 9.66. The molecule has 84 valence electrons. The third-order valence-electron chi connectivity index (χ3n) is 3.37. The molecule has 3 rings (SSSR count). The van der Waals surface area contributed by atoms with Gasteiger partial charge < -0.3 is 10.6 Å². The molecule has 4 nitrogen and oxygen atoms in total. The average molecular weight is 216 g/mol. The lowest BCUT2D eigenvalue weighted by Crippen LogP contribution is -2.23. The van der Waals surface area contributed by atoms with Crippen molar-refractivity contribution in [3.8, 4) is 0 Å². The van der Waals surface area contributed by atoms with E-state index in [2.05, 4.69) is 33.3 Å². The van der Waals surface area contributed by atoms with E-state index in [1.165, 1.54) is 11.8 Å². The molecule has 0 aliphatic carbocycles. The van der Waals surface area contributed by atoms with E-state index in [0.717, 1.165) is 31.0 Å². The van der Waals surface area contributed by atoms with E-state index < -0.39 is 0 Å². The molecule has 1 aliphatic heterocycles. The summed E-state index contributed by atoms with van der Waals surface area (Å²) in [4.78, 5) is 2.33. The van der Waals surface area contributed by atoms with Crippen LogP contribution < -0.4 is 10.6 Å². The molecule has 0 amide bonds. The largest absolute Gasteiger partial charge is 0.354 e. The van der Waals surface area contributed by atoms with E-state index in [-0.39, 0.29) is 0 Å². The summed E-state index contributed by atoms with van der Waals surface area (Å²) in [5.74, 6) is 1.70. The number of para-hydroxylation sites is 1. The summed E-state index contributed by atoms with van der Waals surface area (Å²) in [6.45, 7) is 2.88. The van der Waals surface area contributed by atoms with Crippen molar-refractivity contribution in [1.82, 2.24) is 10.2 Å². The summed E-state index contributed by atoms with van der Waals surface area (Å²) >= 11 is 0. The van der Waals surface area contributed by atoms with E-state index in [0.29, 0.717) is 5.92 Å². The molecule has 2 aromatic rings. The lowest BCUT2D eigenvalue weighted by Gasteiger charge is -2.15. The number of hydrogen-bond acceptors (Lipinski definition) is 3. The highest BCUT2D eigenvalue weighted by Gasteiger charge is 2.24. The fourth-order valence-electron chi connectivity index (χ4n) is 2.41. The second kappa shape index (κ2) is 3.79. The van der Waals surface area contributed by atoms with Crippen LogP contribution in [0.1, 0.15) is 6.42 Å². The van der Waals surface area contributed by atoms with Gasteiger partial charge in [-0.2, -0.15) is 5.10 Å². The van der Waals surface area contributed by atoms with Crippen LogP contribution in [0.15, 0.2) is 24.3 Å². The molecule has 1 aromatic heterocycles. The third kappa shape index (κ3) is 1.46. The van der Waals surface area contributed by atoms with Crippen molar-refractivity contribution in [1.29, 1.82) is 0 Å². The van der Waals surface area contributed by atoms with E-state index in [4.69, 9.17) is 5.73 Å². The van der Waals surface area contributed by atoms with Gasteiger partial charge >= 0.3 is 0 Å². The first-order valence-electron chi connectivity index (χ1n) is 5.76. The minimum Gasteiger partial charge on any atom is -0.354 e. The van der Waals surface area contributed by atoms with Gasteiger partial charge in [-0.3, -0.25) is 5.10 Å². The van der Waals surface area contributed by atoms with E-state index >= 15 is 0 Å². The first-order chi connectivity index (χ1) is 7.88. The molecule has 1 atom stereocenters. The van der Waals surface area contributed by atoms with Gasteiger partial charge in [0.1, 0.15) is 0 Å². The summed E-state index contributed by atoms with van der Waals surface area (Å²) in [6, 6.07) is 8.25. The fourth-order valence-corrected chi connectivity index (χ4v) is 2.41. The number of aromatic nitrogens is 2. The van der Waals surface area contributed by atoms with Crippen molar-refractivity contribution in [3.63, 3.8) is 0 Å². The second-order valence-corrected chi connectivity index (χ2v) is 4.43. The highest BCUT2D eigenvalue weighted by molar-refractivity contribution is 5.90. The van der Waals surface area contributed by atoms with Crippen molar-refractivity contribution in [2.24, 2.45) is 11.7 Å². The molecular formula is C12H16N4. The van der Waals surface area contributed by atoms with Crippen LogP contribution in [0.5, 0.6) is 0 Å². The molecule has 1 unspecified atom stereocenters. The predicted molar refractivity (Wildman–Crippen MR) is 65.5 cm³/mol. The van der Waals surface area contributed by atoms with Gasteiger partial charge in [-0.25, -0.2) is 0 Å². The predicted octanol–water partition coefficient (Wildman–Crippen LogP) is 1.35. The van der Waals surface area contributed by atoms with Crippen molar-refractivity contribution >= 4 is 16.7 Å². The summed E-state index contributed by atoms with van der Waals surface area (Å²) in [6.07, 6.45) is 1.18. The lowest BCUT2D eigenvalue weighted by atomic mass is 10.1. The Morgan fingerprint density at radius 3 is 3.12 bits per heavy atom. The van der Waals surface area contributed by atoms with Gasteiger partial charge in [0.05, 0.1) is 5.52 Å². The molecule has 0 saturated carbocycles. The summed E-state index contributed by atoms with van der Waals surface area (Å²) in [7, 11) is 0. The molecule has 2 heterocycles. The quantitative estimate of drug-likeness (QED) is 0.796. The zero-order chi connectivity index (χ0) is 11.0. The summed E-state index contributed by atoms with van der Waals surface area (Å²) < 4.78 is 0. The normalized spacial score (nSPS) is 20.8. The molecule has 4 heteroatoms. The van der Waals surface area contributed by atoms with Crippen LogP contribution in [0.25, 0.3) is 10.9 Å². The number of anilines is 1. The van der Waals surface area contributed by atoms with Crippen LogP contribution in [0.3, 0.4) is 0 Å². The number of hydrogen-bond donors (Lipinski definition) is 2. The Hall–Kier alpha value is -1.55. The van der Waals surface area contributed by atoms with Gasteiger partial charge in [0.2, 0.25) is 0 Å².